The number of rotatable bonds is 17. The Labute approximate surface area is 252 Å². The summed E-state index contributed by atoms with van der Waals surface area (Å²) in [4.78, 5) is 12.1. The Morgan fingerprint density at radius 2 is 1.79 bits per heavy atom. The lowest BCUT2D eigenvalue weighted by Crippen LogP contribution is -2.30. The number of ether oxygens (including phenoxy) is 2. The molecule has 3 rings (SSSR count). The van der Waals surface area contributed by atoms with Gasteiger partial charge < -0.3 is 24.1 Å². The van der Waals surface area contributed by atoms with Crippen LogP contribution in [0.4, 0.5) is 13.2 Å². The molecule has 0 bridgehead atoms. The summed E-state index contributed by atoms with van der Waals surface area (Å²) in [5.74, 6) is 0.113. The van der Waals surface area contributed by atoms with Gasteiger partial charge in [-0.3, -0.25) is 4.79 Å². The highest BCUT2D eigenvalue weighted by Gasteiger charge is 2.35. The van der Waals surface area contributed by atoms with Crippen LogP contribution in [0, 0.1) is 11.3 Å². The summed E-state index contributed by atoms with van der Waals surface area (Å²) in [5.41, 5.74) is -0.229. The van der Waals surface area contributed by atoms with Crippen molar-refractivity contribution in [2.24, 2.45) is 11.3 Å². The SMILES string of the molecule is CCCCCc1ccc(-c2cc3ccc(OCCCC(CO)CC(O)COC(=O)C(C)(C)CC)cc3o2)c(C(F)(F)F)c1. The molecule has 9 heteroatoms. The molecule has 0 aliphatic heterocycles. The van der Waals surface area contributed by atoms with Crippen molar-refractivity contribution in [3.63, 3.8) is 0 Å². The third-order valence-electron chi connectivity index (χ3n) is 7.95. The van der Waals surface area contributed by atoms with E-state index in [0.717, 1.165) is 19.3 Å². The zero-order valence-electron chi connectivity index (χ0n) is 25.6. The van der Waals surface area contributed by atoms with Gasteiger partial charge in [0.2, 0.25) is 0 Å². The quantitative estimate of drug-likeness (QED) is 0.119. The molecule has 2 N–H and O–H groups in total. The average Bonchev–Trinajstić information content (AvgIpc) is 3.40. The van der Waals surface area contributed by atoms with Crippen molar-refractivity contribution in [3.05, 3.63) is 53.6 Å². The summed E-state index contributed by atoms with van der Waals surface area (Å²) in [5, 5.41) is 20.7. The minimum atomic E-state index is -4.51. The van der Waals surface area contributed by atoms with Gasteiger partial charge in [0.25, 0.3) is 0 Å². The summed E-state index contributed by atoms with van der Waals surface area (Å²) in [6.07, 6.45) is 0.133. The van der Waals surface area contributed by atoms with Gasteiger partial charge in [-0.05, 0) is 88.1 Å². The molecule has 3 aromatic rings. The number of benzene rings is 2. The predicted molar refractivity (Wildman–Crippen MR) is 161 cm³/mol. The Hall–Kier alpha value is -3.04. The van der Waals surface area contributed by atoms with E-state index in [1.54, 1.807) is 44.2 Å². The Kier molecular flexibility index (Phi) is 12.5. The monoisotopic (exact) mass is 606 g/mol. The van der Waals surface area contributed by atoms with E-state index in [1.165, 1.54) is 12.1 Å². The molecule has 0 spiro atoms. The summed E-state index contributed by atoms with van der Waals surface area (Å²) in [6, 6.07) is 11.2. The maximum Gasteiger partial charge on any atom is 0.417 e. The Balaban J connectivity index is 1.57. The van der Waals surface area contributed by atoms with E-state index in [1.807, 2.05) is 6.92 Å². The topological polar surface area (TPSA) is 89.1 Å². The summed E-state index contributed by atoms with van der Waals surface area (Å²) >= 11 is 0. The van der Waals surface area contributed by atoms with Crippen LogP contribution in [0.3, 0.4) is 0 Å². The van der Waals surface area contributed by atoms with Gasteiger partial charge in [-0.2, -0.15) is 13.2 Å². The predicted octanol–water partition coefficient (Wildman–Crippen LogP) is 8.35. The third-order valence-corrected chi connectivity index (χ3v) is 7.95. The Morgan fingerprint density at radius 3 is 2.47 bits per heavy atom. The number of aliphatic hydroxyl groups excluding tert-OH is 2. The molecule has 43 heavy (non-hydrogen) atoms. The molecule has 1 heterocycles. The summed E-state index contributed by atoms with van der Waals surface area (Å²) in [7, 11) is 0. The van der Waals surface area contributed by atoms with Crippen molar-refractivity contribution in [2.45, 2.75) is 91.3 Å². The fourth-order valence-electron chi connectivity index (χ4n) is 4.82. The van der Waals surface area contributed by atoms with Crippen LogP contribution >= 0.6 is 0 Å². The lowest BCUT2D eigenvalue weighted by molar-refractivity contribution is -0.157. The van der Waals surface area contributed by atoms with Crippen LogP contribution in [0.2, 0.25) is 0 Å². The third kappa shape index (κ3) is 10.00. The van der Waals surface area contributed by atoms with Gasteiger partial charge in [0, 0.05) is 23.6 Å². The van der Waals surface area contributed by atoms with Gasteiger partial charge in [-0.25, -0.2) is 0 Å². The van der Waals surface area contributed by atoms with Crippen molar-refractivity contribution in [1.82, 2.24) is 0 Å². The van der Waals surface area contributed by atoms with Gasteiger partial charge in [-0.1, -0.05) is 38.8 Å². The number of fused-ring (bicyclic) bond motifs is 1. The van der Waals surface area contributed by atoms with Crippen molar-refractivity contribution < 1.29 is 42.1 Å². The van der Waals surface area contributed by atoms with Gasteiger partial charge in [0.05, 0.1) is 23.7 Å². The van der Waals surface area contributed by atoms with Crippen molar-refractivity contribution in [1.29, 1.82) is 0 Å². The Bertz CT molecular complexity index is 1310. The highest BCUT2D eigenvalue weighted by molar-refractivity contribution is 5.84. The van der Waals surface area contributed by atoms with Crippen molar-refractivity contribution >= 4 is 16.9 Å². The van der Waals surface area contributed by atoms with Gasteiger partial charge >= 0.3 is 12.1 Å². The van der Waals surface area contributed by atoms with E-state index in [4.69, 9.17) is 13.9 Å². The first-order chi connectivity index (χ1) is 20.4. The van der Waals surface area contributed by atoms with Crippen LogP contribution < -0.4 is 4.74 Å². The minimum absolute atomic E-state index is 0.00600. The zero-order chi connectivity index (χ0) is 31.6. The molecule has 0 radical (unpaired) electrons. The molecule has 0 saturated heterocycles. The van der Waals surface area contributed by atoms with Crippen LogP contribution in [0.5, 0.6) is 5.75 Å². The second-order valence-electron chi connectivity index (χ2n) is 11.9. The number of furan rings is 1. The normalized spacial score (nSPS) is 13.7. The second kappa shape index (κ2) is 15.6. The number of esters is 1. The van der Waals surface area contributed by atoms with E-state index >= 15 is 0 Å². The first kappa shape index (κ1) is 34.5. The van der Waals surface area contributed by atoms with Crippen molar-refractivity contribution in [3.8, 4) is 17.1 Å². The molecular weight excluding hydrogens is 561 g/mol. The molecule has 0 saturated carbocycles. The van der Waals surface area contributed by atoms with Crippen LogP contribution in [-0.4, -0.2) is 42.1 Å². The highest BCUT2D eigenvalue weighted by atomic mass is 19.4. The maximum absolute atomic E-state index is 14.0. The lowest BCUT2D eigenvalue weighted by atomic mass is 9.90. The van der Waals surface area contributed by atoms with E-state index in [-0.39, 0.29) is 42.8 Å². The Morgan fingerprint density at radius 1 is 1.02 bits per heavy atom. The molecule has 0 aliphatic rings. The van der Waals surface area contributed by atoms with Gasteiger partial charge in [0.15, 0.2) is 0 Å². The number of carbonyl (C=O) groups excluding carboxylic acids is 1. The molecule has 0 amide bonds. The van der Waals surface area contributed by atoms with Gasteiger partial charge in [0.1, 0.15) is 23.7 Å². The van der Waals surface area contributed by atoms with Crippen molar-refractivity contribution in [2.75, 3.05) is 19.8 Å². The molecule has 6 nitrogen and oxygen atoms in total. The van der Waals surface area contributed by atoms with E-state index in [2.05, 4.69) is 6.92 Å². The average molecular weight is 607 g/mol. The van der Waals surface area contributed by atoms with E-state index in [9.17, 15) is 28.2 Å². The number of hydrogen-bond acceptors (Lipinski definition) is 6. The fraction of sp³-hybridized carbons (Fsp3) is 0.559. The first-order valence-electron chi connectivity index (χ1n) is 15.2. The smallest absolute Gasteiger partial charge is 0.417 e. The van der Waals surface area contributed by atoms with Gasteiger partial charge in [-0.15, -0.1) is 0 Å². The molecule has 0 aliphatic carbocycles. The fourth-order valence-corrected chi connectivity index (χ4v) is 4.82. The van der Waals surface area contributed by atoms with Crippen LogP contribution in [0.1, 0.15) is 83.8 Å². The summed E-state index contributed by atoms with van der Waals surface area (Å²) < 4.78 is 58.8. The number of alkyl halides is 3. The summed E-state index contributed by atoms with van der Waals surface area (Å²) in [6.45, 7) is 7.63. The molecule has 2 aromatic carbocycles. The molecule has 238 valence electrons. The largest absolute Gasteiger partial charge is 0.493 e. The van der Waals surface area contributed by atoms with Crippen LogP contribution in [0.15, 0.2) is 46.9 Å². The maximum atomic E-state index is 14.0. The number of carbonyl (C=O) groups is 1. The van der Waals surface area contributed by atoms with E-state index in [0.29, 0.717) is 54.6 Å². The van der Waals surface area contributed by atoms with Crippen LogP contribution in [-0.2, 0) is 22.1 Å². The number of aryl methyl sites for hydroxylation is 1. The molecular formula is C34H45F3O6. The molecule has 1 aromatic heterocycles. The molecule has 2 unspecified atom stereocenters. The zero-order valence-corrected chi connectivity index (χ0v) is 25.6. The number of unbranched alkanes of at least 4 members (excludes halogenated alkanes) is 2. The molecule has 2 atom stereocenters. The minimum Gasteiger partial charge on any atom is -0.493 e. The number of halogens is 3. The second-order valence-corrected chi connectivity index (χ2v) is 11.9. The van der Waals surface area contributed by atoms with Crippen LogP contribution in [0.25, 0.3) is 22.3 Å². The standard InChI is InChI=1S/C34H45F3O6/c1-5-7-8-10-23-12-15-28(29(18-23)34(35,36)37)31-19-25-13-14-27(20-30(25)43-31)41-16-9-11-24(21-38)17-26(39)22-42-32(40)33(3,4)6-2/h12-15,18-20,24,26,38-39H,5-11,16-17,21-22H2,1-4H3. The lowest BCUT2D eigenvalue weighted by Gasteiger charge is -2.23. The first-order valence-corrected chi connectivity index (χ1v) is 15.2. The molecule has 0 fully saturated rings. The highest BCUT2D eigenvalue weighted by Crippen LogP contribution is 2.40. The van der Waals surface area contributed by atoms with E-state index < -0.39 is 23.3 Å². The number of aliphatic hydroxyl groups is 2. The number of hydrogen-bond donors (Lipinski definition) is 2.